The molecule has 0 radical (unpaired) electrons. The molecule has 1 unspecified atom stereocenters. The van der Waals surface area contributed by atoms with Crippen LogP contribution in [0.3, 0.4) is 0 Å². The molecule has 1 aliphatic heterocycles. The summed E-state index contributed by atoms with van der Waals surface area (Å²) in [5.74, 6) is -0.231. The fraction of sp³-hybridized carbons (Fsp3) is 0.619. The van der Waals surface area contributed by atoms with E-state index in [4.69, 9.17) is 14.2 Å². The smallest absolute Gasteiger partial charge is 0.338 e. The molecule has 26 heavy (non-hydrogen) atoms. The van der Waals surface area contributed by atoms with Crippen molar-refractivity contribution in [1.29, 1.82) is 0 Å². The first-order valence-corrected chi connectivity index (χ1v) is 9.47. The number of carbonyl (C=O) groups is 2. The zero-order chi connectivity index (χ0) is 19.0. The van der Waals surface area contributed by atoms with E-state index in [0.29, 0.717) is 25.0 Å². The van der Waals surface area contributed by atoms with Gasteiger partial charge in [0.05, 0.1) is 18.3 Å². The first kappa shape index (κ1) is 20.6. The molecule has 0 bridgehead atoms. The number of carbonyl (C=O) groups excluding carboxylic acids is 2. The first-order chi connectivity index (χ1) is 12.4. The molecular formula is C21H30O5. The van der Waals surface area contributed by atoms with Crippen molar-refractivity contribution < 1.29 is 23.8 Å². The molecule has 5 heteroatoms. The summed E-state index contributed by atoms with van der Waals surface area (Å²) in [6.07, 6.45) is 3.18. The summed E-state index contributed by atoms with van der Waals surface area (Å²) in [7, 11) is 0. The van der Waals surface area contributed by atoms with Crippen LogP contribution in [0, 0.1) is 5.41 Å². The Morgan fingerprint density at radius 1 is 1.23 bits per heavy atom. The summed E-state index contributed by atoms with van der Waals surface area (Å²) >= 11 is 0. The summed E-state index contributed by atoms with van der Waals surface area (Å²) in [6, 6.07) is 8.88. The molecule has 0 spiro atoms. The van der Waals surface area contributed by atoms with Gasteiger partial charge < -0.3 is 14.2 Å². The number of hydrogen-bond donors (Lipinski definition) is 0. The minimum atomic E-state index is -0.658. The summed E-state index contributed by atoms with van der Waals surface area (Å²) in [5, 5.41) is 0. The number of ether oxygens (including phenoxy) is 3. The normalized spacial score (nSPS) is 19.0. The number of ketones is 1. The van der Waals surface area contributed by atoms with Crippen molar-refractivity contribution in [3.8, 4) is 0 Å². The minimum Gasteiger partial charge on any atom is -0.462 e. The molecule has 1 aromatic rings. The van der Waals surface area contributed by atoms with Gasteiger partial charge in [-0.1, -0.05) is 39.0 Å². The highest BCUT2D eigenvalue weighted by atomic mass is 16.7. The summed E-state index contributed by atoms with van der Waals surface area (Å²) < 4.78 is 17.2. The first-order valence-electron chi connectivity index (χ1n) is 9.47. The lowest BCUT2D eigenvalue weighted by Crippen LogP contribution is -2.43. The van der Waals surface area contributed by atoms with E-state index in [1.165, 1.54) is 0 Å². The van der Waals surface area contributed by atoms with Crippen molar-refractivity contribution in [2.24, 2.45) is 5.41 Å². The Labute approximate surface area is 156 Å². The Kier molecular flexibility index (Phi) is 7.79. The van der Waals surface area contributed by atoms with Crippen LogP contribution in [-0.2, 0) is 19.0 Å². The monoisotopic (exact) mass is 362 g/mol. The molecule has 1 saturated heterocycles. The van der Waals surface area contributed by atoms with Gasteiger partial charge in [0, 0.05) is 24.9 Å². The van der Waals surface area contributed by atoms with E-state index >= 15 is 0 Å². The fourth-order valence-electron chi connectivity index (χ4n) is 3.15. The Morgan fingerprint density at radius 3 is 2.58 bits per heavy atom. The zero-order valence-electron chi connectivity index (χ0n) is 16.0. The van der Waals surface area contributed by atoms with Gasteiger partial charge in [0.2, 0.25) is 0 Å². The molecule has 0 saturated carbocycles. The molecule has 2 atom stereocenters. The predicted octanol–water partition coefficient (Wildman–Crippen LogP) is 4.15. The third kappa shape index (κ3) is 5.64. The number of rotatable bonds is 9. The average Bonchev–Trinajstić information content (AvgIpc) is 2.67. The molecular weight excluding hydrogens is 332 g/mol. The second-order valence-electron chi connectivity index (χ2n) is 7.21. The van der Waals surface area contributed by atoms with Gasteiger partial charge in [-0.3, -0.25) is 4.79 Å². The SMILES string of the molecule is CCC(=O)C(C)(C)[C@H](CCOC(=O)c1ccccc1)OC1CCCCO1. The third-order valence-corrected chi connectivity index (χ3v) is 4.92. The lowest BCUT2D eigenvalue weighted by Gasteiger charge is -2.36. The largest absolute Gasteiger partial charge is 0.462 e. The molecule has 5 nitrogen and oxygen atoms in total. The molecule has 144 valence electrons. The van der Waals surface area contributed by atoms with Gasteiger partial charge in [0.1, 0.15) is 5.78 Å². The van der Waals surface area contributed by atoms with E-state index in [1.807, 2.05) is 26.8 Å². The molecule has 1 aromatic carbocycles. The quantitative estimate of drug-likeness (QED) is 0.618. The van der Waals surface area contributed by atoms with Crippen LogP contribution < -0.4 is 0 Å². The maximum atomic E-state index is 12.4. The molecule has 0 aliphatic carbocycles. The van der Waals surface area contributed by atoms with Gasteiger partial charge in [-0.15, -0.1) is 0 Å². The zero-order valence-corrected chi connectivity index (χ0v) is 16.0. The highest BCUT2D eigenvalue weighted by Crippen LogP contribution is 2.31. The van der Waals surface area contributed by atoms with Crippen LogP contribution in [0.25, 0.3) is 0 Å². The van der Waals surface area contributed by atoms with Crippen LogP contribution in [0.1, 0.15) is 63.2 Å². The molecule has 0 N–H and O–H groups in total. The van der Waals surface area contributed by atoms with Crippen molar-refractivity contribution in [3.05, 3.63) is 35.9 Å². The van der Waals surface area contributed by atoms with E-state index in [1.54, 1.807) is 24.3 Å². The molecule has 0 amide bonds. The number of benzene rings is 1. The number of esters is 1. The van der Waals surface area contributed by atoms with Crippen LogP contribution >= 0.6 is 0 Å². The van der Waals surface area contributed by atoms with E-state index < -0.39 is 5.41 Å². The van der Waals surface area contributed by atoms with Crippen LogP contribution in [-0.4, -0.2) is 37.4 Å². The predicted molar refractivity (Wildman–Crippen MR) is 98.9 cm³/mol. The van der Waals surface area contributed by atoms with Crippen molar-refractivity contribution in [3.63, 3.8) is 0 Å². The summed E-state index contributed by atoms with van der Waals surface area (Å²) in [6.45, 7) is 6.53. The highest BCUT2D eigenvalue weighted by molar-refractivity contribution is 5.89. The Morgan fingerprint density at radius 2 is 1.96 bits per heavy atom. The van der Waals surface area contributed by atoms with Gasteiger partial charge in [0.15, 0.2) is 6.29 Å². The van der Waals surface area contributed by atoms with E-state index in [0.717, 1.165) is 19.3 Å². The topological polar surface area (TPSA) is 61.8 Å². The second-order valence-corrected chi connectivity index (χ2v) is 7.21. The molecule has 1 heterocycles. The lowest BCUT2D eigenvalue weighted by molar-refractivity contribution is -0.211. The van der Waals surface area contributed by atoms with Gasteiger partial charge in [0.25, 0.3) is 0 Å². The summed E-state index contributed by atoms with van der Waals surface area (Å²) in [4.78, 5) is 24.5. The second kappa shape index (κ2) is 9.83. The fourth-order valence-corrected chi connectivity index (χ4v) is 3.15. The van der Waals surface area contributed by atoms with Crippen molar-refractivity contribution in [2.75, 3.05) is 13.2 Å². The van der Waals surface area contributed by atoms with Crippen molar-refractivity contribution in [2.45, 2.75) is 65.3 Å². The Hall–Kier alpha value is -1.72. The summed E-state index contributed by atoms with van der Waals surface area (Å²) in [5.41, 5.74) is -0.140. The number of hydrogen-bond acceptors (Lipinski definition) is 5. The van der Waals surface area contributed by atoms with Crippen molar-refractivity contribution in [1.82, 2.24) is 0 Å². The van der Waals surface area contributed by atoms with Gasteiger partial charge in [-0.05, 0) is 31.4 Å². The van der Waals surface area contributed by atoms with Crippen LogP contribution in [0.5, 0.6) is 0 Å². The number of Topliss-reactive ketones (excluding diaryl/α,β-unsaturated/α-hetero) is 1. The molecule has 1 fully saturated rings. The lowest BCUT2D eigenvalue weighted by atomic mass is 9.79. The third-order valence-electron chi connectivity index (χ3n) is 4.92. The Balaban J connectivity index is 1.96. The van der Waals surface area contributed by atoms with Gasteiger partial charge >= 0.3 is 5.97 Å². The van der Waals surface area contributed by atoms with Crippen LogP contribution in [0.2, 0.25) is 0 Å². The molecule has 0 aromatic heterocycles. The maximum Gasteiger partial charge on any atom is 0.338 e. The highest BCUT2D eigenvalue weighted by Gasteiger charge is 2.38. The standard InChI is InChI=1S/C21H30O5/c1-4-17(22)21(2,3)18(26-19-12-8-9-14-24-19)13-15-25-20(23)16-10-6-5-7-11-16/h5-7,10-11,18-19H,4,8-9,12-15H2,1-3H3/t18-,19?/m0/s1. The van der Waals surface area contributed by atoms with Crippen LogP contribution in [0.4, 0.5) is 0 Å². The molecule has 1 aliphatic rings. The van der Waals surface area contributed by atoms with Crippen LogP contribution in [0.15, 0.2) is 30.3 Å². The maximum absolute atomic E-state index is 12.4. The van der Waals surface area contributed by atoms with E-state index in [2.05, 4.69) is 0 Å². The van der Waals surface area contributed by atoms with E-state index in [-0.39, 0.29) is 30.8 Å². The van der Waals surface area contributed by atoms with Crippen molar-refractivity contribution >= 4 is 11.8 Å². The average molecular weight is 362 g/mol. The van der Waals surface area contributed by atoms with E-state index in [9.17, 15) is 9.59 Å². The van der Waals surface area contributed by atoms with Gasteiger partial charge in [-0.25, -0.2) is 4.79 Å². The molecule has 2 rings (SSSR count). The minimum absolute atomic E-state index is 0.132. The van der Waals surface area contributed by atoms with Gasteiger partial charge in [-0.2, -0.15) is 0 Å². The Bertz CT molecular complexity index is 575.